The molecule has 0 aliphatic heterocycles. The summed E-state index contributed by atoms with van der Waals surface area (Å²) in [5.74, 6) is 2.42. The molecule has 6 atom stereocenters. The number of halogens is 2. The molecular weight excluding hydrogens is 322 g/mol. The van der Waals surface area contributed by atoms with Crippen molar-refractivity contribution in [3.05, 3.63) is 11.6 Å². The molecule has 2 nitrogen and oxygen atoms in total. The first-order valence-electron chi connectivity index (χ1n) is 10.0. The SMILES string of the molecule is CC(=O)C1CCCC2CC=C3CC(O)(C(F)F)CCC3C2CCC1C. The van der Waals surface area contributed by atoms with E-state index in [0.29, 0.717) is 35.9 Å². The van der Waals surface area contributed by atoms with Crippen LogP contribution in [0.3, 0.4) is 0 Å². The normalized spacial score (nSPS) is 42.5. The summed E-state index contributed by atoms with van der Waals surface area (Å²) in [5.41, 5.74) is -0.744. The zero-order chi connectivity index (χ0) is 18.2. The summed E-state index contributed by atoms with van der Waals surface area (Å²) in [6, 6.07) is 0. The fourth-order valence-corrected chi connectivity index (χ4v) is 5.78. The van der Waals surface area contributed by atoms with Crippen molar-refractivity contribution in [3.63, 3.8) is 0 Å². The van der Waals surface area contributed by atoms with Crippen LogP contribution in [0.1, 0.15) is 71.6 Å². The lowest BCUT2D eigenvalue weighted by Gasteiger charge is -2.45. The summed E-state index contributed by atoms with van der Waals surface area (Å²) in [6.07, 6.45) is 6.84. The van der Waals surface area contributed by atoms with E-state index in [0.717, 1.165) is 44.1 Å². The van der Waals surface area contributed by atoms with E-state index in [1.165, 1.54) is 0 Å². The highest BCUT2D eigenvalue weighted by Crippen LogP contribution is 2.51. The van der Waals surface area contributed by atoms with Gasteiger partial charge >= 0.3 is 0 Å². The Bertz CT molecular complexity index is 530. The molecule has 0 saturated heterocycles. The molecule has 2 saturated carbocycles. The van der Waals surface area contributed by atoms with Crippen molar-refractivity contribution in [2.75, 3.05) is 0 Å². The predicted octanol–water partition coefficient (Wildman–Crippen LogP) is 5.15. The lowest BCUT2D eigenvalue weighted by atomic mass is 9.61. The summed E-state index contributed by atoms with van der Waals surface area (Å²) in [4.78, 5) is 12.0. The molecule has 1 N–H and O–H groups in total. The van der Waals surface area contributed by atoms with Gasteiger partial charge < -0.3 is 5.11 Å². The molecule has 25 heavy (non-hydrogen) atoms. The van der Waals surface area contributed by atoms with Crippen molar-refractivity contribution in [3.8, 4) is 0 Å². The number of carbonyl (C=O) groups excluding carboxylic acids is 1. The van der Waals surface area contributed by atoms with Crippen LogP contribution >= 0.6 is 0 Å². The van der Waals surface area contributed by atoms with Gasteiger partial charge in [0.25, 0.3) is 6.43 Å². The quantitative estimate of drug-likeness (QED) is 0.696. The molecule has 0 amide bonds. The highest BCUT2D eigenvalue weighted by Gasteiger charge is 2.47. The Hall–Kier alpha value is -0.770. The van der Waals surface area contributed by atoms with Gasteiger partial charge in [-0.2, -0.15) is 0 Å². The standard InChI is InChI=1S/C21H32F2O2/c1-13-6-9-18-15(4-3-5-17(13)14(2)24)7-8-16-12-21(25,20(22)23)11-10-19(16)18/h8,13,15,17-20,25H,3-7,9-12H2,1-2H3. The maximum Gasteiger partial charge on any atom is 0.267 e. The van der Waals surface area contributed by atoms with Gasteiger partial charge in [0.2, 0.25) is 0 Å². The average molecular weight is 354 g/mol. The molecular formula is C21H32F2O2. The van der Waals surface area contributed by atoms with Gasteiger partial charge in [0, 0.05) is 12.3 Å². The second-order valence-corrected chi connectivity index (χ2v) is 8.87. The molecule has 0 aromatic rings. The highest BCUT2D eigenvalue weighted by molar-refractivity contribution is 5.78. The van der Waals surface area contributed by atoms with Gasteiger partial charge in [0.1, 0.15) is 11.4 Å². The summed E-state index contributed by atoms with van der Waals surface area (Å²) in [5, 5.41) is 10.2. The Morgan fingerprint density at radius 2 is 2.00 bits per heavy atom. The molecule has 3 rings (SSSR count). The topological polar surface area (TPSA) is 37.3 Å². The first-order valence-corrected chi connectivity index (χ1v) is 10.0. The van der Waals surface area contributed by atoms with E-state index in [-0.39, 0.29) is 18.8 Å². The first-order chi connectivity index (χ1) is 11.8. The zero-order valence-corrected chi connectivity index (χ0v) is 15.5. The lowest BCUT2D eigenvalue weighted by molar-refractivity contribution is -0.122. The van der Waals surface area contributed by atoms with Crippen LogP contribution in [0.15, 0.2) is 11.6 Å². The van der Waals surface area contributed by atoms with Crippen LogP contribution < -0.4 is 0 Å². The van der Waals surface area contributed by atoms with E-state index < -0.39 is 12.0 Å². The first kappa shape index (κ1) is 19.0. The van der Waals surface area contributed by atoms with Crippen LogP contribution in [-0.2, 0) is 4.79 Å². The number of hydrogen-bond acceptors (Lipinski definition) is 2. The van der Waals surface area contributed by atoms with Gasteiger partial charge in [-0.3, -0.25) is 4.79 Å². The number of alkyl halides is 2. The molecule has 0 heterocycles. The maximum absolute atomic E-state index is 13.2. The van der Waals surface area contributed by atoms with E-state index in [9.17, 15) is 18.7 Å². The zero-order valence-electron chi connectivity index (χ0n) is 15.5. The fraction of sp³-hybridized carbons (Fsp3) is 0.857. The third-order valence-corrected chi connectivity index (χ3v) is 7.34. The van der Waals surface area contributed by atoms with E-state index in [2.05, 4.69) is 13.0 Å². The van der Waals surface area contributed by atoms with Crippen molar-refractivity contribution in [2.24, 2.45) is 29.6 Å². The highest BCUT2D eigenvalue weighted by atomic mass is 19.3. The van der Waals surface area contributed by atoms with Gasteiger partial charge in [-0.05, 0) is 75.5 Å². The van der Waals surface area contributed by atoms with Gasteiger partial charge in [-0.1, -0.05) is 25.0 Å². The Morgan fingerprint density at radius 3 is 2.68 bits per heavy atom. The number of aliphatic hydroxyl groups is 1. The van der Waals surface area contributed by atoms with E-state index in [4.69, 9.17) is 0 Å². The fourth-order valence-electron chi connectivity index (χ4n) is 5.78. The number of carbonyl (C=O) groups is 1. The van der Waals surface area contributed by atoms with Crippen LogP contribution in [0.2, 0.25) is 0 Å². The minimum absolute atomic E-state index is 0.143. The summed E-state index contributed by atoms with van der Waals surface area (Å²) in [6.45, 7) is 3.92. The van der Waals surface area contributed by atoms with Gasteiger partial charge in [0.05, 0.1) is 0 Å². The third-order valence-electron chi connectivity index (χ3n) is 7.34. The van der Waals surface area contributed by atoms with Crippen molar-refractivity contribution >= 4 is 5.78 Å². The average Bonchev–Trinajstić information content (AvgIpc) is 2.63. The number of allylic oxidation sites excluding steroid dienone is 1. The minimum atomic E-state index is -2.66. The summed E-state index contributed by atoms with van der Waals surface area (Å²) >= 11 is 0. The molecule has 0 spiro atoms. The van der Waals surface area contributed by atoms with Crippen LogP contribution in [0.5, 0.6) is 0 Å². The number of rotatable bonds is 2. The Kier molecular flexibility index (Phi) is 5.67. The molecule has 0 aromatic carbocycles. The largest absolute Gasteiger partial charge is 0.384 e. The summed E-state index contributed by atoms with van der Waals surface area (Å²) < 4.78 is 26.5. The monoisotopic (exact) mass is 354 g/mol. The number of hydrogen-bond donors (Lipinski definition) is 1. The van der Waals surface area contributed by atoms with Crippen LogP contribution in [-0.4, -0.2) is 22.9 Å². The number of fused-ring (bicyclic) bond motifs is 3. The van der Waals surface area contributed by atoms with E-state index in [1.807, 2.05) is 0 Å². The molecule has 4 heteroatoms. The molecule has 3 aliphatic rings. The maximum atomic E-state index is 13.2. The number of ketones is 1. The van der Waals surface area contributed by atoms with Crippen LogP contribution in [0.25, 0.3) is 0 Å². The molecule has 3 aliphatic carbocycles. The molecule has 0 aromatic heterocycles. The van der Waals surface area contributed by atoms with E-state index in [1.54, 1.807) is 6.92 Å². The van der Waals surface area contributed by atoms with Crippen LogP contribution in [0, 0.1) is 29.6 Å². The van der Waals surface area contributed by atoms with E-state index >= 15 is 0 Å². The summed E-state index contributed by atoms with van der Waals surface area (Å²) in [7, 11) is 0. The minimum Gasteiger partial charge on any atom is -0.384 e. The second-order valence-electron chi connectivity index (χ2n) is 8.87. The molecule has 0 radical (unpaired) electrons. The van der Waals surface area contributed by atoms with Crippen molar-refractivity contribution in [2.45, 2.75) is 83.7 Å². The smallest absolute Gasteiger partial charge is 0.267 e. The second kappa shape index (κ2) is 7.46. The van der Waals surface area contributed by atoms with Crippen LogP contribution in [0.4, 0.5) is 8.78 Å². The molecule has 0 bridgehead atoms. The third kappa shape index (κ3) is 3.84. The van der Waals surface area contributed by atoms with Gasteiger partial charge in [-0.15, -0.1) is 0 Å². The lowest BCUT2D eigenvalue weighted by Crippen LogP contribution is -2.45. The predicted molar refractivity (Wildman–Crippen MR) is 94.4 cm³/mol. The molecule has 2 fully saturated rings. The Labute approximate surface area is 150 Å². The number of Topliss-reactive ketones (excluding diaryl/α,β-unsaturated/α-hetero) is 1. The van der Waals surface area contributed by atoms with Gasteiger partial charge in [0.15, 0.2) is 0 Å². The van der Waals surface area contributed by atoms with Crippen molar-refractivity contribution in [1.29, 1.82) is 0 Å². The van der Waals surface area contributed by atoms with Gasteiger partial charge in [-0.25, -0.2) is 8.78 Å². The molecule has 6 unspecified atom stereocenters. The van der Waals surface area contributed by atoms with Crippen molar-refractivity contribution < 1.29 is 18.7 Å². The van der Waals surface area contributed by atoms with Crippen molar-refractivity contribution in [1.82, 2.24) is 0 Å². The Morgan fingerprint density at radius 1 is 1.24 bits per heavy atom. The molecule has 142 valence electrons. The Balaban J connectivity index is 1.75.